The maximum atomic E-state index is 11.7. The van der Waals surface area contributed by atoms with Crippen LogP contribution in [0.5, 0.6) is 11.5 Å². The van der Waals surface area contributed by atoms with Crippen LogP contribution in [-0.2, 0) is 11.2 Å². The summed E-state index contributed by atoms with van der Waals surface area (Å²) in [5.74, 6) is -0.0871. The summed E-state index contributed by atoms with van der Waals surface area (Å²) in [6, 6.07) is 11.6. The number of rotatable bonds is 4. The van der Waals surface area contributed by atoms with Crippen molar-refractivity contribution >= 4 is 34.7 Å². The highest BCUT2D eigenvalue weighted by atomic mass is 127. The van der Waals surface area contributed by atoms with Crippen LogP contribution in [0.3, 0.4) is 0 Å². The molecule has 0 unspecified atom stereocenters. The van der Waals surface area contributed by atoms with Crippen molar-refractivity contribution in [3.63, 3.8) is 0 Å². The average Bonchev–Trinajstić information content (AvgIpc) is 2.42. The van der Waals surface area contributed by atoms with Crippen LogP contribution in [0, 0.1) is 3.57 Å². The van der Waals surface area contributed by atoms with E-state index in [0.29, 0.717) is 11.1 Å². The third-order valence-electron chi connectivity index (χ3n) is 2.66. The molecule has 0 atom stereocenters. The van der Waals surface area contributed by atoms with E-state index in [0.717, 1.165) is 3.57 Å². The molecule has 0 radical (unpaired) electrons. The number of hydrogen-bond acceptors (Lipinski definition) is 4. The summed E-state index contributed by atoms with van der Waals surface area (Å²) in [7, 11) is 0. The van der Waals surface area contributed by atoms with Crippen LogP contribution in [0.25, 0.3) is 0 Å². The molecule has 0 bridgehead atoms. The Kier molecular flexibility index (Phi) is 5.15. The van der Waals surface area contributed by atoms with E-state index in [1.165, 1.54) is 12.3 Å². The molecule has 0 aromatic heterocycles. The highest BCUT2D eigenvalue weighted by molar-refractivity contribution is 14.1. The number of hydrogen-bond donors (Lipinski definition) is 3. The Hall–Kier alpha value is -2.09. The topological polar surface area (TPSA) is 81.9 Å². The lowest BCUT2D eigenvalue weighted by molar-refractivity contribution is -0.120. The molecule has 0 aliphatic rings. The molecule has 5 nitrogen and oxygen atoms in total. The molecule has 6 heteroatoms. The summed E-state index contributed by atoms with van der Waals surface area (Å²) in [6.07, 6.45) is 1.50. The first-order valence-corrected chi connectivity index (χ1v) is 7.21. The lowest BCUT2D eigenvalue weighted by atomic mass is 10.1. The first-order chi connectivity index (χ1) is 10.0. The largest absolute Gasteiger partial charge is 0.508 e. The molecule has 0 saturated heterocycles. The van der Waals surface area contributed by atoms with Crippen molar-refractivity contribution in [1.82, 2.24) is 5.43 Å². The first kappa shape index (κ1) is 15.3. The summed E-state index contributed by atoms with van der Waals surface area (Å²) >= 11 is 2.12. The molecule has 0 heterocycles. The van der Waals surface area contributed by atoms with E-state index in [-0.39, 0.29) is 23.8 Å². The number of carbonyl (C=O) groups is 1. The van der Waals surface area contributed by atoms with E-state index in [1.807, 2.05) is 0 Å². The van der Waals surface area contributed by atoms with E-state index in [9.17, 15) is 15.0 Å². The molecule has 0 aliphatic carbocycles. The van der Waals surface area contributed by atoms with Crippen LogP contribution in [-0.4, -0.2) is 22.3 Å². The Labute approximate surface area is 135 Å². The monoisotopic (exact) mass is 396 g/mol. The van der Waals surface area contributed by atoms with Crippen molar-refractivity contribution < 1.29 is 15.0 Å². The molecule has 108 valence electrons. The fourth-order valence-electron chi connectivity index (χ4n) is 1.69. The predicted molar refractivity (Wildman–Crippen MR) is 88.4 cm³/mol. The fraction of sp³-hybridized carbons (Fsp3) is 0.0667. The summed E-state index contributed by atoms with van der Waals surface area (Å²) in [6.45, 7) is 0. The Morgan fingerprint density at radius 1 is 1.24 bits per heavy atom. The van der Waals surface area contributed by atoms with Gasteiger partial charge < -0.3 is 10.2 Å². The van der Waals surface area contributed by atoms with Crippen LogP contribution >= 0.6 is 22.6 Å². The Morgan fingerprint density at radius 2 is 2.05 bits per heavy atom. The van der Waals surface area contributed by atoms with Gasteiger partial charge in [-0.1, -0.05) is 12.1 Å². The van der Waals surface area contributed by atoms with Gasteiger partial charge in [-0.25, -0.2) is 5.43 Å². The zero-order chi connectivity index (χ0) is 15.2. The van der Waals surface area contributed by atoms with Gasteiger partial charge in [-0.15, -0.1) is 0 Å². The van der Waals surface area contributed by atoms with Gasteiger partial charge in [-0.2, -0.15) is 5.10 Å². The van der Waals surface area contributed by atoms with E-state index >= 15 is 0 Å². The van der Waals surface area contributed by atoms with Crippen molar-refractivity contribution in [2.45, 2.75) is 6.42 Å². The minimum Gasteiger partial charge on any atom is -0.508 e. The van der Waals surface area contributed by atoms with E-state index in [4.69, 9.17) is 0 Å². The lowest BCUT2D eigenvalue weighted by Crippen LogP contribution is -2.19. The summed E-state index contributed by atoms with van der Waals surface area (Å²) in [5, 5.41) is 22.8. The van der Waals surface area contributed by atoms with E-state index < -0.39 is 0 Å². The molecular formula is C15H13IN2O3. The van der Waals surface area contributed by atoms with Crippen LogP contribution in [0.1, 0.15) is 11.1 Å². The summed E-state index contributed by atoms with van der Waals surface area (Å²) < 4.78 is 0.956. The number of halogens is 1. The molecule has 2 rings (SSSR count). The molecule has 3 N–H and O–H groups in total. The molecule has 2 aromatic rings. The van der Waals surface area contributed by atoms with E-state index in [1.54, 1.807) is 36.4 Å². The second-order valence-corrected chi connectivity index (χ2v) is 5.59. The number of nitrogens with zero attached hydrogens (tertiary/aromatic N) is 1. The zero-order valence-corrected chi connectivity index (χ0v) is 13.1. The van der Waals surface area contributed by atoms with Crippen LogP contribution in [0.2, 0.25) is 0 Å². The summed E-state index contributed by atoms with van der Waals surface area (Å²) in [5.41, 5.74) is 3.60. The minimum absolute atomic E-state index is 0.0985. The molecule has 0 aliphatic heterocycles. The number of phenolic OH excluding ortho intramolecular Hbond substituents is 2. The molecule has 1 amide bonds. The van der Waals surface area contributed by atoms with Gasteiger partial charge in [0.2, 0.25) is 5.91 Å². The second-order valence-electron chi connectivity index (χ2n) is 4.34. The van der Waals surface area contributed by atoms with Gasteiger partial charge in [-0.3, -0.25) is 4.79 Å². The minimum atomic E-state index is -0.304. The Balaban J connectivity index is 1.94. The van der Waals surface area contributed by atoms with Gasteiger partial charge in [-0.05, 0) is 58.5 Å². The van der Waals surface area contributed by atoms with Crippen molar-refractivity contribution in [2.24, 2.45) is 5.10 Å². The average molecular weight is 396 g/mol. The number of hydrazone groups is 1. The van der Waals surface area contributed by atoms with Crippen molar-refractivity contribution in [1.29, 1.82) is 0 Å². The number of carbonyl (C=O) groups excluding carboxylic acids is 1. The third-order valence-corrected chi connectivity index (χ3v) is 3.33. The maximum absolute atomic E-state index is 11.7. The Bertz CT molecular complexity index is 686. The zero-order valence-electron chi connectivity index (χ0n) is 11.0. The third kappa shape index (κ3) is 4.75. The highest BCUT2D eigenvalue weighted by Gasteiger charge is 2.03. The number of phenols is 2. The molecule has 2 aromatic carbocycles. The van der Waals surface area contributed by atoms with Gasteiger partial charge >= 0.3 is 0 Å². The molecule has 0 fully saturated rings. The number of nitrogens with one attached hydrogen (secondary N) is 1. The van der Waals surface area contributed by atoms with Gasteiger partial charge in [0.1, 0.15) is 11.5 Å². The van der Waals surface area contributed by atoms with Crippen molar-refractivity contribution in [3.8, 4) is 11.5 Å². The van der Waals surface area contributed by atoms with Gasteiger partial charge in [0, 0.05) is 9.13 Å². The van der Waals surface area contributed by atoms with Gasteiger partial charge in [0.15, 0.2) is 0 Å². The SMILES string of the molecule is O=C(Cc1cccc(O)c1)NN=Cc1cc(I)ccc1O. The van der Waals surface area contributed by atoms with Gasteiger partial charge in [0.05, 0.1) is 12.6 Å². The standard InChI is InChI=1S/C15H13IN2O3/c16-12-4-5-14(20)11(8-12)9-17-18-15(21)7-10-2-1-3-13(19)6-10/h1-6,8-9,19-20H,7H2,(H,18,21). The van der Waals surface area contributed by atoms with Gasteiger partial charge in [0.25, 0.3) is 0 Å². The van der Waals surface area contributed by atoms with E-state index in [2.05, 4.69) is 33.1 Å². The smallest absolute Gasteiger partial charge is 0.244 e. The maximum Gasteiger partial charge on any atom is 0.244 e. The quantitative estimate of drug-likeness (QED) is 0.422. The van der Waals surface area contributed by atoms with Crippen molar-refractivity contribution in [3.05, 3.63) is 57.2 Å². The number of benzene rings is 2. The normalized spacial score (nSPS) is 10.7. The molecule has 0 spiro atoms. The van der Waals surface area contributed by atoms with Crippen LogP contribution < -0.4 is 5.43 Å². The lowest BCUT2D eigenvalue weighted by Gasteiger charge is -2.02. The summed E-state index contributed by atoms with van der Waals surface area (Å²) in [4.78, 5) is 11.7. The highest BCUT2D eigenvalue weighted by Crippen LogP contribution is 2.17. The van der Waals surface area contributed by atoms with Crippen LogP contribution in [0.15, 0.2) is 47.6 Å². The molecular weight excluding hydrogens is 383 g/mol. The Morgan fingerprint density at radius 3 is 2.81 bits per heavy atom. The number of aromatic hydroxyl groups is 2. The number of amides is 1. The predicted octanol–water partition coefficient (Wildman–Crippen LogP) is 2.40. The second kappa shape index (κ2) is 7.07. The fourth-order valence-corrected chi connectivity index (χ4v) is 2.21. The van der Waals surface area contributed by atoms with Crippen molar-refractivity contribution in [2.75, 3.05) is 0 Å². The first-order valence-electron chi connectivity index (χ1n) is 6.13. The molecule has 0 saturated carbocycles. The van der Waals surface area contributed by atoms with Crippen LogP contribution in [0.4, 0.5) is 0 Å². The molecule has 21 heavy (non-hydrogen) atoms.